The molecule has 1 aliphatic heterocycles. The number of rotatable bonds is 8. The molecule has 1 aromatic carbocycles. The van der Waals surface area contributed by atoms with Gasteiger partial charge in [-0.1, -0.05) is 29.3 Å². The number of anilines is 1. The summed E-state index contributed by atoms with van der Waals surface area (Å²) in [6.45, 7) is 6.55. The van der Waals surface area contributed by atoms with Gasteiger partial charge in [-0.15, -0.1) is 0 Å². The van der Waals surface area contributed by atoms with Crippen LogP contribution in [0, 0.1) is 0 Å². The number of hydrogen-bond acceptors (Lipinski definition) is 7. The molecule has 2 aromatic heterocycles. The Hall–Kier alpha value is -2.17. The van der Waals surface area contributed by atoms with Crippen LogP contribution in [0.4, 0.5) is 5.95 Å². The molecule has 0 saturated carbocycles. The Kier molecular flexibility index (Phi) is 7.09. The van der Waals surface area contributed by atoms with Gasteiger partial charge < -0.3 is 10.4 Å². The molecule has 4 rings (SSSR count). The fourth-order valence-electron chi connectivity index (χ4n) is 3.71. The van der Waals surface area contributed by atoms with E-state index in [1.165, 1.54) is 0 Å². The van der Waals surface area contributed by atoms with E-state index in [2.05, 4.69) is 30.2 Å². The van der Waals surface area contributed by atoms with Gasteiger partial charge in [0.2, 0.25) is 5.95 Å². The van der Waals surface area contributed by atoms with Crippen molar-refractivity contribution in [3.8, 4) is 0 Å². The largest absolute Gasteiger partial charge is 0.395 e. The number of fused-ring (bicyclic) bond motifs is 1. The van der Waals surface area contributed by atoms with Crippen LogP contribution < -0.4 is 10.9 Å². The molecule has 1 aliphatic rings. The second kappa shape index (κ2) is 9.97. The minimum Gasteiger partial charge on any atom is -0.395 e. The van der Waals surface area contributed by atoms with E-state index in [4.69, 9.17) is 28.3 Å². The molecule has 3 aromatic rings. The quantitative estimate of drug-likeness (QED) is 0.464. The Bertz CT molecular complexity index is 1090. The average Bonchev–Trinajstić information content (AvgIpc) is 3.18. The smallest absolute Gasteiger partial charge is 0.278 e. The van der Waals surface area contributed by atoms with Crippen molar-refractivity contribution in [2.45, 2.75) is 13.1 Å². The molecular weight excluding hydrogens is 441 g/mol. The Morgan fingerprint density at radius 3 is 2.52 bits per heavy atom. The summed E-state index contributed by atoms with van der Waals surface area (Å²) in [5, 5.41) is 17.5. The number of halogens is 2. The van der Waals surface area contributed by atoms with Crippen molar-refractivity contribution in [2.24, 2.45) is 0 Å². The first-order valence-electron chi connectivity index (χ1n) is 10.2. The number of benzene rings is 1. The van der Waals surface area contributed by atoms with E-state index in [0.29, 0.717) is 40.1 Å². The van der Waals surface area contributed by atoms with Crippen LogP contribution in [-0.2, 0) is 13.1 Å². The van der Waals surface area contributed by atoms with E-state index in [1.807, 2.05) is 6.07 Å². The van der Waals surface area contributed by atoms with E-state index >= 15 is 0 Å². The third kappa shape index (κ3) is 5.36. The number of nitrogens with one attached hydrogen (secondary N) is 2. The normalized spacial score (nSPS) is 15.6. The molecule has 0 aliphatic carbocycles. The number of nitrogens with zero attached hydrogens (tertiary/aromatic N) is 5. The summed E-state index contributed by atoms with van der Waals surface area (Å²) in [5.74, 6) is 0.378. The second-order valence-electron chi connectivity index (χ2n) is 7.52. The van der Waals surface area contributed by atoms with E-state index in [-0.39, 0.29) is 12.2 Å². The molecule has 3 N–H and O–H groups in total. The molecule has 31 heavy (non-hydrogen) atoms. The number of piperazine rings is 1. The standard InChI is InChI=1S/C20H25Cl2N7O2/c21-15-2-1-14(11-16(15)22)12-23-20-25-17-13-24-29(18(17)19(31)26-20)8-7-27-3-5-28(6-4-27)9-10-30/h1-2,11,13,30H,3-10,12H2,(H2,23,25,26,31). The molecule has 9 nitrogen and oxygen atoms in total. The summed E-state index contributed by atoms with van der Waals surface area (Å²) in [6.07, 6.45) is 1.62. The molecule has 0 atom stereocenters. The maximum absolute atomic E-state index is 12.7. The minimum absolute atomic E-state index is 0.194. The maximum Gasteiger partial charge on any atom is 0.278 e. The summed E-state index contributed by atoms with van der Waals surface area (Å²) < 4.78 is 1.71. The average molecular weight is 466 g/mol. The van der Waals surface area contributed by atoms with Gasteiger partial charge in [-0.2, -0.15) is 5.10 Å². The molecule has 166 valence electrons. The van der Waals surface area contributed by atoms with Crippen LogP contribution in [0.25, 0.3) is 11.0 Å². The Labute approximate surface area is 189 Å². The monoisotopic (exact) mass is 465 g/mol. The number of aromatic nitrogens is 4. The highest BCUT2D eigenvalue weighted by molar-refractivity contribution is 6.42. The van der Waals surface area contributed by atoms with Crippen LogP contribution in [-0.4, -0.2) is 80.5 Å². The molecule has 3 heterocycles. The number of aliphatic hydroxyl groups is 1. The topological polar surface area (TPSA) is 102 Å². The van der Waals surface area contributed by atoms with Crippen molar-refractivity contribution in [1.82, 2.24) is 29.5 Å². The molecule has 1 fully saturated rings. The third-order valence-electron chi connectivity index (χ3n) is 5.45. The first kappa shape index (κ1) is 22.0. The molecule has 1 saturated heterocycles. The molecule has 0 bridgehead atoms. The van der Waals surface area contributed by atoms with Crippen LogP contribution in [0.3, 0.4) is 0 Å². The first-order valence-corrected chi connectivity index (χ1v) is 11.0. The van der Waals surface area contributed by atoms with Crippen LogP contribution in [0.1, 0.15) is 5.56 Å². The third-order valence-corrected chi connectivity index (χ3v) is 6.19. The van der Waals surface area contributed by atoms with Crippen molar-refractivity contribution in [3.63, 3.8) is 0 Å². The van der Waals surface area contributed by atoms with Gasteiger partial charge in [0.1, 0.15) is 5.52 Å². The van der Waals surface area contributed by atoms with E-state index in [1.54, 1.807) is 23.0 Å². The summed E-state index contributed by atoms with van der Waals surface area (Å²) >= 11 is 12.0. The lowest BCUT2D eigenvalue weighted by Crippen LogP contribution is -2.47. The van der Waals surface area contributed by atoms with Crippen LogP contribution in [0.15, 0.2) is 29.2 Å². The highest BCUT2D eigenvalue weighted by Crippen LogP contribution is 2.22. The van der Waals surface area contributed by atoms with Crippen molar-refractivity contribution in [1.29, 1.82) is 0 Å². The minimum atomic E-state index is -0.230. The lowest BCUT2D eigenvalue weighted by molar-refractivity contribution is 0.110. The zero-order valence-electron chi connectivity index (χ0n) is 17.0. The summed E-state index contributed by atoms with van der Waals surface area (Å²) in [4.78, 5) is 24.5. The van der Waals surface area contributed by atoms with E-state index in [9.17, 15) is 4.79 Å². The van der Waals surface area contributed by atoms with E-state index in [0.717, 1.165) is 44.8 Å². The number of aliphatic hydroxyl groups excluding tert-OH is 1. The maximum atomic E-state index is 12.7. The molecule has 11 heteroatoms. The molecule has 0 radical (unpaired) electrons. The van der Waals surface area contributed by atoms with Gasteiger partial charge in [-0.3, -0.25) is 24.3 Å². The van der Waals surface area contributed by atoms with Gasteiger partial charge in [0.15, 0.2) is 5.52 Å². The Morgan fingerprint density at radius 1 is 1.06 bits per heavy atom. The lowest BCUT2D eigenvalue weighted by atomic mass is 10.2. The first-order chi connectivity index (χ1) is 15.0. The zero-order valence-corrected chi connectivity index (χ0v) is 18.5. The van der Waals surface area contributed by atoms with Crippen molar-refractivity contribution in [2.75, 3.05) is 51.2 Å². The SMILES string of the molecule is O=c1[nH]c(NCc2ccc(Cl)c(Cl)c2)nc2cnn(CCN3CCN(CCO)CC3)c12. The highest BCUT2D eigenvalue weighted by atomic mass is 35.5. The van der Waals surface area contributed by atoms with Gasteiger partial charge in [0.25, 0.3) is 5.56 Å². The van der Waals surface area contributed by atoms with Gasteiger partial charge in [-0.05, 0) is 17.7 Å². The molecular formula is C20H25Cl2N7O2. The van der Waals surface area contributed by atoms with Gasteiger partial charge in [0, 0.05) is 45.8 Å². The number of aromatic amines is 1. The van der Waals surface area contributed by atoms with Gasteiger partial charge in [0.05, 0.1) is 29.4 Å². The van der Waals surface area contributed by atoms with Gasteiger partial charge in [-0.25, -0.2) is 4.98 Å². The molecule has 0 spiro atoms. The lowest BCUT2D eigenvalue weighted by Gasteiger charge is -2.34. The van der Waals surface area contributed by atoms with Crippen molar-refractivity contribution in [3.05, 3.63) is 50.4 Å². The second-order valence-corrected chi connectivity index (χ2v) is 8.34. The van der Waals surface area contributed by atoms with Crippen LogP contribution in [0.5, 0.6) is 0 Å². The summed E-state index contributed by atoms with van der Waals surface area (Å²) in [5.41, 5.74) is 1.71. The summed E-state index contributed by atoms with van der Waals surface area (Å²) in [7, 11) is 0. The Balaban J connectivity index is 1.38. The zero-order chi connectivity index (χ0) is 21.8. The highest BCUT2D eigenvalue weighted by Gasteiger charge is 2.17. The van der Waals surface area contributed by atoms with Crippen LogP contribution in [0.2, 0.25) is 10.0 Å². The van der Waals surface area contributed by atoms with Gasteiger partial charge >= 0.3 is 0 Å². The van der Waals surface area contributed by atoms with Crippen molar-refractivity contribution >= 4 is 40.2 Å². The van der Waals surface area contributed by atoms with Crippen LogP contribution >= 0.6 is 23.2 Å². The fraction of sp³-hybridized carbons (Fsp3) is 0.450. The predicted octanol–water partition coefficient (Wildman–Crippen LogP) is 1.65. The fourth-order valence-corrected chi connectivity index (χ4v) is 4.03. The predicted molar refractivity (Wildman–Crippen MR) is 122 cm³/mol. The molecule has 0 amide bonds. The Morgan fingerprint density at radius 2 is 1.81 bits per heavy atom. The number of hydrogen-bond donors (Lipinski definition) is 3. The van der Waals surface area contributed by atoms with Crippen molar-refractivity contribution < 1.29 is 5.11 Å². The summed E-state index contributed by atoms with van der Waals surface area (Å²) in [6, 6.07) is 5.37. The number of H-pyrrole nitrogens is 1. The van der Waals surface area contributed by atoms with E-state index < -0.39 is 0 Å². The number of β-amino-alcohol motifs (C(OH)–C–C–N with tert-alkyl or cyclic N) is 1. The molecule has 0 unspecified atom stereocenters.